The van der Waals surface area contributed by atoms with E-state index in [4.69, 9.17) is 10.5 Å². The molecule has 3 nitrogen and oxygen atoms in total. The molecule has 0 saturated carbocycles. The number of nitrogens with two attached hydrogens (primary N) is 1. The van der Waals surface area contributed by atoms with Crippen molar-refractivity contribution < 1.29 is 4.74 Å². The standard InChI is InChI=1S/C7H16N2O/c1-10-7-2-4-9(6-7)5-3-8/h7H,2-6,8H2,1H3. The van der Waals surface area contributed by atoms with E-state index in [0.717, 1.165) is 32.6 Å². The van der Waals surface area contributed by atoms with E-state index >= 15 is 0 Å². The Labute approximate surface area is 62.1 Å². The molecule has 1 fully saturated rings. The third-order valence-corrected chi connectivity index (χ3v) is 2.01. The molecule has 0 aromatic heterocycles. The van der Waals surface area contributed by atoms with Gasteiger partial charge in [-0.2, -0.15) is 0 Å². The molecule has 0 bridgehead atoms. The second-order valence-corrected chi connectivity index (χ2v) is 2.74. The molecular weight excluding hydrogens is 128 g/mol. The first-order valence-corrected chi connectivity index (χ1v) is 3.82. The number of rotatable bonds is 3. The maximum absolute atomic E-state index is 5.41. The number of likely N-dealkylation sites (tertiary alicyclic amines) is 1. The first-order chi connectivity index (χ1) is 4.86. The summed E-state index contributed by atoms with van der Waals surface area (Å²) in [6.07, 6.45) is 1.61. The Hall–Kier alpha value is -0.120. The van der Waals surface area contributed by atoms with Crippen LogP contribution in [0.3, 0.4) is 0 Å². The van der Waals surface area contributed by atoms with Crippen LogP contribution in [0, 0.1) is 0 Å². The second-order valence-electron chi connectivity index (χ2n) is 2.74. The van der Waals surface area contributed by atoms with Crippen LogP contribution in [0.1, 0.15) is 6.42 Å². The van der Waals surface area contributed by atoms with Gasteiger partial charge in [0.2, 0.25) is 0 Å². The summed E-state index contributed by atoms with van der Waals surface area (Å²) in [5.41, 5.74) is 5.41. The summed E-state index contributed by atoms with van der Waals surface area (Å²) in [6.45, 7) is 3.99. The highest BCUT2D eigenvalue weighted by Gasteiger charge is 2.20. The van der Waals surface area contributed by atoms with Gasteiger partial charge < -0.3 is 10.5 Å². The van der Waals surface area contributed by atoms with Crippen molar-refractivity contribution in [2.24, 2.45) is 5.73 Å². The summed E-state index contributed by atoms with van der Waals surface area (Å²) in [6, 6.07) is 0. The largest absolute Gasteiger partial charge is 0.380 e. The van der Waals surface area contributed by atoms with Crippen molar-refractivity contribution in [1.29, 1.82) is 0 Å². The van der Waals surface area contributed by atoms with Gasteiger partial charge in [-0.15, -0.1) is 0 Å². The Morgan fingerprint density at radius 2 is 2.50 bits per heavy atom. The lowest BCUT2D eigenvalue weighted by Crippen LogP contribution is -2.28. The van der Waals surface area contributed by atoms with Crippen LogP contribution < -0.4 is 5.73 Å². The summed E-state index contributed by atoms with van der Waals surface area (Å²) in [5, 5.41) is 0. The zero-order valence-electron chi connectivity index (χ0n) is 6.55. The normalized spacial score (nSPS) is 27.6. The van der Waals surface area contributed by atoms with E-state index in [-0.39, 0.29) is 0 Å². The van der Waals surface area contributed by atoms with Gasteiger partial charge in [0.25, 0.3) is 0 Å². The van der Waals surface area contributed by atoms with Crippen molar-refractivity contribution in [1.82, 2.24) is 4.90 Å². The lowest BCUT2D eigenvalue weighted by Gasteiger charge is -2.13. The highest BCUT2D eigenvalue weighted by molar-refractivity contribution is 4.75. The van der Waals surface area contributed by atoms with Gasteiger partial charge in [0, 0.05) is 33.3 Å². The molecular formula is C7H16N2O. The van der Waals surface area contributed by atoms with Crippen molar-refractivity contribution in [2.45, 2.75) is 12.5 Å². The predicted octanol–water partition coefficient (Wildman–Crippen LogP) is -0.334. The fourth-order valence-corrected chi connectivity index (χ4v) is 1.38. The fourth-order valence-electron chi connectivity index (χ4n) is 1.38. The van der Waals surface area contributed by atoms with Crippen molar-refractivity contribution in [2.75, 3.05) is 33.3 Å². The van der Waals surface area contributed by atoms with Crippen LogP contribution in [-0.4, -0.2) is 44.3 Å². The number of hydrogen-bond donors (Lipinski definition) is 1. The van der Waals surface area contributed by atoms with Crippen molar-refractivity contribution >= 4 is 0 Å². The van der Waals surface area contributed by atoms with Crippen molar-refractivity contribution in [3.8, 4) is 0 Å². The maximum Gasteiger partial charge on any atom is 0.0710 e. The van der Waals surface area contributed by atoms with Gasteiger partial charge in [0.05, 0.1) is 6.10 Å². The average molecular weight is 144 g/mol. The molecule has 1 heterocycles. The highest BCUT2D eigenvalue weighted by atomic mass is 16.5. The topological polar surface area (TPSA) is 38.5 Å². The second kappa shape index (κ2) is 3.91. The zero-order valence-corrected chi connectivity index (χ0v) is 6.55. The van der Waals surface area contributed by atoms with E-state index in [0.29, 0.717) is 6.10 Å². The van der Waals surface area contributed by atoms with Crippen LogP contribution in [0.15, 0.2) is 0 Å². The van der Waals surface area contributed by atoms with Gasteiger partial charge >= 0.3 is 0 Å². The molecule has 1 rings (SSSR count). The van der Waals surface area contributed by atoms with Gasteiger partial charge in [-0.3, -0.25) is 4.90 Å². The Balaban J connectivity index is 2.15. The van der Waals surface area contributed by atoms with Gasteiger partial charge in [0.1, 0.15) is 0 Å². The van der Waals surface area contributed by atoms with Crippen molar-refractivity contribution in [3.63, 3.8) is 0 Å². The number of methoxy groups -OCH3 is 1. The van der Waals surface area contributed by atoms with Gasteiger partial charge in [-0.25, -0.2) is 0 Å². The quantitative estimate of drug-likeness (QED) is 0.589. The first kappa shape index (κ1) is 7.98. The van der Waals surface area contributed by atoms with Crippen LogP contribution >= 0.6 is 0 Å². The molecule has 0 aliphatic carbocycles. The minimum atomic E-state index is 0.451. The average Bonchev–Trinajstić information content (AvgIpc) is 2.37. The van der Waals surface area contributed by atoms with E-state index in [1.165, 1.54) is 0 Å². The Kier molecular flexibility index (Phi) is 3.12. The summed E-state index contributed by atoms with van der Waals surface area (Å²) >= 11 is 0. The predicted molar refractivity (Wildman–Crippen MR) is 40.9 cm³/mol. The van der Waals surface area contributed by atoms with Crippen LogP contribution in [0.2, 0.25) is 0 Å². The maximum atomic E-state index is 5.41. The van der Waals surface area contributed by atoms with Crippen molar-refractivity contribution in [3.05, 3.63) is 0 Å². The molecule has 0 aromatic rings. The summed E-state index contributed by atoms with van der Waals surface area (Å²) in [4.78, 5) is 2.34. The SMILES string of the molecule is COC1CCN(CCN)C1. The smallest absolute Gasteiger partial charge is 0.0710 e. The molecule has 0 aromatic carbocycles. The summed E-state index contributed by atoms with van der Waals surface area (Å²) in [5.74, 6) is 0. The zero-order chi connectivity index (χ0) is 7.40. The molecule has 10 heavy (non-hydrogen) atoms. The molecule has 1 aliphatic heterocycles. The highest BCUT2D eigenvalue weighted by Crippen LogP contribution is 2.09. The van der Waals surface area contributed by atoms with Crippen LogP contribution in [-0.2, 0) is 4.74 Å². The Bertz CT molecular complexity index is 97.6. The Morgan fingerprint density at radius 3 is 3.00 bits per heavy atom. The molecule has 1 aliphatic rings. The molecule has 0 radical (unpaired) electrons. The van der Waals surface area contributed by atoms with Gasteiger partial charge in [-0.05, 0) is 6.42 Å². The van der Waals surface area contributed by atoms with E-state index in [1.54, 1.807) is 7.11 Å². The summed E-state index contributed by atoms with van der Waals surface area (Å²) in [7, 11) is 1.77. The van der Waals surface area contributed by atoms with E-state index in [1.807, 2.05) is 0 Å². The fraction of sp³-hybridized carbons (Fsp3) is 1.00. The number of ether oxygens (including phenoxy) is 1. The first-order valence-electron chi connectivity index (χ1n) is 3.82. The lowest BCUT2D eigenvalue weighted by atomic mass is 10.3. The third-order valence-electron chi connectivity index (χ3n) is 2.01. The molecule has 1 atom stereocenters. The van der Waals surface area contributed by atoms with Crippen LogP contribution in [0.4, 0.5) is 0 Å². The van der Waals surface area contributed by atoms with E-state index < -0.39 is 0 Å². The lowest BCUT2D eigenvalue weighted by molar-refractivity contribution is 0.108. The molecule has 0 amide bonds. The monoisotopic (exact) mass is 144 g/mol. The van der Waals surface area contributed by atoms with Gasteiger partial charge in [0.15, 0.2) is 0 Å². The minimum absolute atomic E-state index is 0.451. The third kappa shape index (κ3) is 1.94. The van der Waals surface area contributed by atoms with Crippen LogP contribution in [0.25, 0.3) is 0 Å². The number of nitrogens with zero attached hydrogens (tertiary/aromatic N) is 1. The Morgan fingerprint density at radius 1 is 1.70 bits per heavy atom. The van der Waals surface area contributed by atoms with Crippen LogP contribution in [0.5, 0.6) is 0 Å². The minimum Gasteiger partial charge on any atom is -0.380 e. The molecule has 2 N–H and O–H groups in total. The number of hydrogen-bond acceptors (Lipinski definition) is 3. The van der Waals surface area contributed by atoms with E-state index in [2.05, 4.69) is 4.90 Å². The van der Waals surface area contributed by atoms with E-state index in [9.17, 15) is 0 Å². The molecule has 3 heteroatoms. The summed E-state index contributed by atoms with van der Waals surface area (Å²) < 4.78 is 5.21. The molecule has 0 spiro atoms. The van der Waals surface area contributed by atoms with Gasteiger partial charge in [-0.1, -0.05) is 0 Å². The molecule has 1 saturated heterocycles. The molecule has 60 valence electrons. The molecule has 1 unspecified atom stereocenters.